The summed E-state index contributed by atoms with van der Waals surface area (Å²) in [6.45, 7) is 12.6. The molecule has 1 amide bonds. The molecular formula is C13H23NO2. The van der Waals surface area contributed by atoms with Crippen molar-refractivity contribution in [3.05, 3.63) is 12.2 Å². The lowest BCUT2D eigenvalue weighted by Crippen LogP contribution is -2.40. The van der Waals surface area contributed by atoms with Gasteiger partial charge in [0.25, 0.3) is 0 Å². The summed E-state index contributed by atoms with van der Waals surface area (Å²) in [6, 6.07) is 0.180. The molecule has 3 nitrogen and oxygen atoms in total. The number of hydrogen-bond donors (Lipinski definition) is 0. The Morgan fingerprint density at radius 1 is 1.50 bits per heavy atom. The van der Waals surface area contributed by atoms with E-state index in [0.29, 0.717) is 0 Å². The van der Waals surface area contributed by atoms with Gasteiger partial charge in [0.05, 0.1) is 6.04 Å². The topological polar surface area (TPSA) is 29.5 Å². The van der Waals surface area contributed by atoms with Gasteiger partial charge in [0.15, 0.2) is 0 Å². The third-order valence-corrected chi connectivity index (χ3v) is 2.81. The molecule has 0 spiro atoms. The summed E-state index contributed by atoms with van der Waals surface area (Å²) in [7, 11) is 0. The Kier molecular flexibility index (Phi) is 4.00. The third-order valence-electron chi connectivity index (χ3n) is 2.81. The second-order valence-electron chi connectivity index (χ2n) is 5.34. The van der Waals surface area contributed by atoms with Crippen molar-refractivity contribution in [2.75, 3.05) is 6.54 Å². The molecule has 1 aliphatic heterocycles. The number of carbonyl (C=O) groups is 1. The Bertz CT molecular complexity index is 278. The van der Waals surface area contributed by atoms with Gasteiger partial charge in [0, 0.05) is 6.54 Å². The van der Waals surface area contributed by atoms with Crippen molar-refractivity contribution in [1.82, 2.24) is 4.90 Å². The van der Waals surface area contributed by atoms with Gasteiger partial charge in [-0.15, -0.1) is 0 Å². The highest BCUT2D eigenvalue weighted by Gasteiger charge is 2.32. The molecule has 16 heavy (non-hydrogen) atoms. The van der Waals surface area contributed by atoms with Crippen LogP contribution in [-0.2, 0) is 4.74 Å². The van der Waals surface area contributed by atoms with Gasteiger partial charge in [0.1, 0.15) is 5.60 Å². The summed E-state index contributed by atoms with van der Waals surface area (Å²) in [4.78, 5) is 13.8. The lowest BCUT2D eigenvalue weighted by Gasteiger charge is -2.29. The summed E-state index contributed by atoms with van der Waals surface area (Å²) in [6.07, 6.45) is 2.78. The summed E-state index contributed by atoms with van der Waals surface area (Å²) in [5.74, 6) is 0. The van der Waals surface area contributed by atoms with Crippen LogP contribution in [0.25, 0.3) is 0 Å². The number of hydrogen-bond acceptors (Lipinski definition) is 2. The third kappa shape index (κ3) is 3.26. The smallest absolute Gasteiger partial charge is 0.410 e. The van der Waals surface area contributed by atoms with Crippen molar-refractivity contribution in [2.45, 2.75) is 58.6 Å². The largest absolute Gasteiger partial charge is 0.444 e. The Balaban J connectivity index is 2.65. The van der Waals surface area contributed by atoms with Gasteiger partial charge >= 0.3 is 6.09 Å². The van der Waals surface area contributed by atoms with E-state index in [1.54, 1.807) is 0 Å². The second kappa shape index (κ2) is 4.89. The first-order valence-electron chi connectivity index (χ1n) is 6.02. The van der Waals surface area contributed by atoms with Gasteiger partial charge in [-0.1, -0.05) is 19.1 Å². The highest BCUT2D eigenvalue weighted by atomic mass is 16.6. The predicted octanol–water partition coefficient (Wildman–Crippen LogP) is 3.35. The molecule has 92 valence electrons. The lowest BCUT2D eigenvalue weighted by atomic mass is 10.0. The first-order chi connectivity index (χ1) is 7.35. The number of amides is 1. The van der Waals surface area contributed by atoms with E-state index in [1.807, 2.05) is 25.7 Å². The SMILES string of the molecule is C=C(CC)C1CCCN1C(=O)OC(C)(C)C. The zero-order chi connectivity index (χ0) is 12.3. The van der Waals surface area contributed by atoms with E-state index in [2.05, 4.69) is 13.5 Å². The van der Waals surface area contributed by atoms with Crippen molar-refractivity contribution in [3.8, 4) is 0 Å². The fourth-order valence-corrected chi connectivity index (χ4v) is 1.97. The molecule has 0 bridgehead atoms. The van der Waals surface area contributed by atoms with Crippen LogP contribution in [0.4, 0.5) is 4.79 Å². The molecule has 0 N–H and O–H groups in total. The Hall–Kier alpha value is -0.990. The molecule has 0 aromatic rings. The maximum atomic E-state index is 12.0. The molecule has 0 saturated carbocycles. The molecule has 0 aliphatic carbocycles. The summed E-state index contributed by atoms with van der Waals surface area (Å²) in [5.41, 5.74) is 0.709. The van der Waals surface area contributed by atoms with Crippen LogP contribution in [0, 0.1) is 0 Å². The standard InChI is InChI=1S/C13H23NO2/c1-6-10(2)11-8-7-9-14(11)12(15)16-13(3,4)5/h11H,2,6-9H2,1,3-5H3. The van der Waals surface area contributed by atoms with Crippen molar-refractivity contribution < 1.29 is 9.53 Å². The van der Waals surface area contributed by atoms with Crippen LogP contribution in [0.3, 0.4) is 0 Å². The number of carbonyl (C=O) groups excluding carboxylic acids is 1. The first-order valence-corrected chi connectivity index (χ1v) is 6.02. The molecule has 0 radical (unpaired) electrons. The molecule has 1 heterocycles. The molecule has 0 aromatic heterocycles. The number of ether oxygens (including phenoxy) is 1. The van der Waals surface area contributed by atoms with Gasteiger partial charge in [-0.2, -0.15) is 0 Å². The van der Waals surface area contributed by atoms with Gasteiger partial charge in [-0.25, -0.2) is 4.79 Å². The minimum atomic E-state index is -0.419. The van der Waals surface area contributed by atoms with Crippen molar-refractivity contribution in [2.24, 2.45) is 0 Å². The zero-order valence-electron chi connectivity index (χ0n) is 10.9. The monoisotopic (exact) mass is 225 g/mol. The Morgan fingerprint density at radius 2 is 2.12 bits per heavy atom. The van der Waals surface area contributed by atoms with Crippen LogP contribution in [0.1, 0.15) is 47.0 Å². The molecule has 1 fully saturated rings. The second-order valence-corrected chi connectivity index (χ2v) is 5.34. The Labute approximate surface area is 98.5 Å². The lowest BCUT2D eigenvalue weighted by molar-refractivity contribution is 0.0248. The van der Waals surface area contributed by atoms with Crippen LogP contribution in [0.5, 0.6) is 0 Å². The fourth-order valence-electron chi connectivity index (χ4n) is 1.97. The average Bonchev–Trinajstić information content (AvgIpc) is 2.62. The van der Waals surface area contributed by atoms with Crippen molar-refractivity contribution in [3.63, 3.8) is 0 Å². The normalized spacial score (nSPS) is 21.0. The van der Waals surface area contributed by atoms with E-state index in [1.165, 1.54) is 0 Å². The van der Waals surface area contributed by atoms with E-state index in [0.717, 1.165) is 31.4 Å². The van der Waals surface area contributed by atoms with E-state index in [9.17, 15) is 4.79 Å². The van der Waals surface area contributed by atoms with Gasteiger partial charge < -0.3 is 9.64 Å². The fraction of sp³-hybridized carbons (Fsp3) is 0.769. The number of rotatable bonds is 2. The Morgan fingerprint density at radius 3 is 2.62 bits per heavy atom. The molecule has 1 unspecified atom stereocenters. The summed E-state index contributed by atoms with van der Waals surface area (Å²) >= 11 is 0. The quantitative estimate of drug-likeness (QED) is 0.674. The van der Waals surface area contributed by atoms with Crippen molar-refractivity contribution >= 4 is 6.09 Å². The molecule has 1 saturated heterocycles. The van der Waals surface area contributed by atoms with E-state index in [-0.39, 0.29) is 12.1 Å². The van der Waals surface area contributed by atoms with Crippen LogP contribution >= 0.6 is 0 Å². The van der Waals surface area contributed by atoms with E-state index < -0.39 is 5.60 Å². The molecule has 1 rings (SSSR count). The highest BCUT2D eigenvalue weighted by Crippen LogP contribution is 2.26. The van der Waals surface area contributed by atoms with Gasteiger partial charge in [-0.3, -0.25) is 0 Å². The molecule has 1 atom stereocenters. The van der Waals surface area contributed by atoms with Crippen LogP contribution < -0.4 is 0 Å². The van der Waals surface area contributed by atoms with Gasteiger partial charge in [-0.05, 0) is 40.0 Å². The number of nitrogens with zero attached hydrogens (tertiary/aromatic N) is 1. The molecular weight excluding hydrogens is 202 g/mol. The molecule has 1 aliphatic rings. The summed E-state index contributed by atoms with van der Waals surface area (Å²) < 4.78 is 5.39. The zero-order valence-corrected chi connectivity index (χ0v) is 10.9. The minimum Gasteiger partial charge on any atom is -0.444 e. The average molecular weight is 225 g/mol. The molecule has 0 aromatic carbocycles. The van der Waals surface area contributed by atoms with Crippen LogP contribution in [0.15, 0.2) is 12.2 Å². The predicted molar refractivity (Wildman–Crippen MR) is 65.4 cm³/mol. The van der Waals surface area contributed by atoms with E-state index >= 15 is 0 Å². The van der Waals surface area contributed by atoms with E-state index in [4.69, 9.17) is 4.74 Å². The molecule has 3 heteroatoms. The number of likely N-dealkylation sites (tertiary alicyclic amines) is 1. The highest BCUT2D eigenvalue weighted by molar-refractivity contribution is 5.69. The van der Waals surface area contributed by atoms with Crippen LogP contribution in [0.2, 0.25) is 0 Å². The maximum absolute atomic E-state index is 12.0. The minimum absolute atomic E-state index is 0.180. The van der Waals surface area contributed by atoms with Gasteiger partial charge in [0.2, 0.25) is 0 Å². The summed E-state index contributed by atoms with van der Waals surface area (Å²) in [5, 5.41) is 0. The van der Waals surface area contributed by atoms with Crippen LogP contribution in [-0.4, -0.2) is 29.2 Å². The van der Waals surface area contributed by atoms with Crippen molar-refractivity contribution in [1.29, 1.82) is 0 Å². The first kappa shape index (κ1) is 13.1. The maximum Gasteiger partial charge on any atom is 0.410 e.